The minimum Gasteiger partial charge on any atom is -0.496 e. The van der Waals surface area contributed by atoms with Gasteiger partial charge in [-0.3, -0.25) is 19.2 Å². The van der Waals surface area contributed by atoms with Gasteiger partial charge in [-0.05, 0) is 61.4 Å². The van der Waals surface area contributed by atoms with Gasteiger partial charge in [0.05, 0.1) is 45.8 Å². The number of hydrogen-bond acceptors (Lipinski definition) is 11. The van der Waals surface area contributed by atoms with Crippen molar-refractivity contribution in [2.45, 2.75) is 31.7 Å². The van der Waals surface area contributed by atoms with Crippen molar-refractivity contribution < 1.29 is 42.9 Å². The average molecular weight is 773 g/mol. The van der Waals surface area contributed by atoms with E-state index in [1.807, 2.05) is 0 Å². The SMILES string of the molecule is CCOC(=O)c1c(NC(=O)CSc2cccc(NC(=O)/C(=C\c3cc(OC)c(OC)cc3OC)NC(=O)c3ccccc3)c2)sc2c1CCN(C(C)=O)C2. The second-order valence-corrected chi connectivity index (χ2v) is 13.9. The molecule has 0 atom stereocenters. The highest BCUT2D eigenvalue weighted by molar-refractivity contribution is 8.00. The lowest BCUT2D eigenvalue weighted by Gasteiger charge is -2.25. The number of benzene rings is 3. The summed E-state index contributed by atoms with van der Waals surface area (Å²) in [6.45, 7) is 4.23. The molecular formula is C39H40N4O9S2. The van der Waals surface area contributed by atoms with Gasteiger partial charge in [0.15, 0.2) is 11.5 Å². The number of rotatable bonds is 14. The van der Waals surface area contributed by atoms with E-state index in [4.69, 9.17) is 18.9 Å². The summed E-state index contributed by atoms with van der Waals surface area (Å²) >= 11 is 2.50. The van der Waals surface area contributed by atoms with Crippen LogP contribution in [0, 0.1) is 0 Å². The number of ether oxygens (including phenoxy) is 4. The van der Waals surface area contributed by atoms with Crippen molar-refractivity contribution in [2.24, 2.45) is 0 Å². The molecule has 282 valence electrons. The van der Waals surface area contributed by atoms with Gasteiger partial charge in [0.1, 0.15) is 16.4 Å². The van der Waals surface area contributed by atoms with Crippen LogP contribution < -0.4 is 30.2 Å². The molecule has 0 fully saturated rings. The van der Waals surface area contributed by atoms with Gasteiger partial charge >= 0.3 is 5.97 Å². The van der Waals surface area contributed by atoms with Crippen molar-refractivity contribution in [3.05, 3.63) is 99.6 Å². The van der Waals surface area contributed by atoms with E-state index in [1.165, 1.54) is 57.4 Å². The molecule has 1 aliphatic heterocycles. The van der Waals surface area contributed by atoms with Crippen molar-refractivity contribution in [1.82, 2.24) is 10.2 Å². The van der Waals surface area contributed by atoms with Crippen molar-refractivity contribution >= 4 is 69.5 Å². The third kappa shape index (κ3) is 9.59. The fourth-order valence-corrected chi connectivity index (χ4v) is 7.64. The lowest BCUT2D eigenvalue weighted by Crippen LogP contribution is -2.34. The smallest absolute Gasteiger partial charge is 0.341 e. The Bertz CT molecular complexity index is 2080. The number of esters is 1. The molecule has 3 aromatic carbocycles. The molecule has 0 aliphatic carbocycles. The molecule has 0 saturated heterocycles. The summed E-state index contributed by atoms with van der Waals surface area (Å²) in [5.41, 5.74) is 2.25. The summed E-state index contributed by atoms with van der Waals surface area (Å²) in [7, 11) is 4.45. The summed E-state index contributed by atoms with van der Waals surface area (Å²) in [5.74, 6) is -0.859. The molecular weight excluding hydrogens is 733 g/mol. The lowest BCUT2D eigenvalue weighted by atomic mass is 10.0. The molecule has 13 nitrogen and oxygen atoms in total. The molecule has 54 heavy (non-hydrogen) atoms. The first-order valence-electron chi connectivity index (χ1n) is 16.8. The maximum absolute atomic E-state index is 13.8. The number of nitrogens with one attached hydrogen (secondary N) is 3. The zero-order valence-corrected chi connectivity index (χ0v) is 32.0. The number of methoxy groups -OCH3 is 3. The molecule has 1 aliphatic rings. The first-order chi connectivity index (χ1) is 26.0. The van der Waals surface area contributed by atoms with Gasteiger partial charge in [-0.15, -0.1) is 23.1 Å². The Hall–Kier alpha value is -5.80. The van der Waals surface area contributed by atoms with Crippen LogP contribution in [-0.2, 0) is 32.1 Å². The Morgan fingerprint density at radius 3 is 2.30 bits per heavy atom. The van der Waals surface area contributed by atoms with Crippen LogP contribution in [0.15, 0.2) is 77.3 Å². The Kier molecular flexibility index (Phi) is 13.4. The van der Waals surface area contributed by atoms with Crippen LogP contribution in [0.4, 0.5) is 10.7 Å². The summed E-state index contributed by atoms with van der Waals surface area (Å²) in [6.07, 6.45) is 1.96. The molecule has 0 unspecified atom stereocenters. The second-order valence-electron chi connectivity index (χ2n) is 11.8. The average Bonchev–Trinajstić information content (AvgIpc) is 3.54. The first kappa shape index (κ1) is 39.4. The van der Waals surface area contributed by atoms with Gasteiger partial charge < -0.3 is 39.8 Å². The maximum atomic E-state index is 13.8. The van der Waals surface area contributed by atoms with Gasteiger partial charge in [0.2, 0.25) is 11.8 Å². The van der Waals surface area contributed by atoms with Crippen LogP contribution in [0.25, 0.3) is 6.08 Å². The standard InChI is InChI=1S/C39H40N4O9S2/c1-6-52-39(48)35-28-15-16-43(23(2)44)21-33(28)54-38(35)42-34(45)22-53-27-14-10-13-26(19-27)40-37(47)29(41-36(46)24-11-8-7-9-12-24)17-25-18-31(50-4)32(51-5)20-30(25)49-3/h7-14,17-20H,6,15-16,21-22H2,1-5H3,(H,40,47)(H,41,46)(H,42,45)/b29-17+. The highest BCUT2D eigenvalue weighted by Crippen LogP contribution is 2.38. The lowest BCUT2D eigenvalue weighted by molar-refractivity contribution is -0.129. The van der Waals surface area contributed by atoms with Gasteiger partial charge in [-0.25, -0.2) is 4.79 Å². The molecule has 3 N–H and O–H groups in total. The van der Waals surface area contributed by atoms with E-state index in [2.05, 4.69) is 16.0 Å². The van der Waals surface area contributed by atoms with Gasteiger partial charge in [-0.1, -0.05) is 24.3 Å². The van der Waals surface area contributed by atoms with Gasteiger partial charge in [0, 0.05) is 46.1 Å². The highest BCUT2D eigenvalue weighted by atomic mass is 32.2. The predicted molar refractivity (Wildman–Crippen MR) is 207 cm³/mol. The fraction of sp³-hybridized carbons (Fsp3) is 0.256. The number of fused-ring (bicyclic) bond motifs is 1. The summed E-state index contributed by atoms with van der Waals surface area (Å²) in [5, 5.41) is 8.81. The molecule has 4 aromatic rings. The van der Waals surface area contributed by atoms with Crippen LogP contribution in [0.1, 0.15) is 50.6 Å². The normalized spacial score (nSPS) is 12.2. The van der Waals surface area contributed by atoms with Crippen molar-refractivity contribution in [1.29, 1.82) is 0 Å². The van der Waals surface area contributed by atoms with E-state index < -0.39 is 17.8 Å². The number of carbonyl (C=O) groups is 5. The Labute approximate surface area is 321 Å². The molecule has 2 heterocycles. The van der Waals surface area contributed by atoms with E-state index in [0.29, 0.717) is 69.0 Å². The van der Waals surface area contributed by atoms with E-state index in [1.54, 1.807) is 78.6 Å². The number of nitrogens with zero attached hydrogens (tertiary/aromatic N) is 1. The Balaban J connectivity index is 1.33. The molecule has 4 amide bonds. The predicted octanol–water partition coefficient (Wildman–Crippen LogP) is 6.00. The monoisotopic (exact) mass is 772 g/mol. The number of thioether (sulfide) groups is 1. The number of anilines is 2. The van der Waals surface area contributed by atoms with E-state index >= 15 is 0 Å². The second kappa shape index (κ2) is 18.3. The topological polar surface area (TPSA) is 162 Å². The van der Waals surface area contributed by atoms with Gasteiger partial charge in [-0.2, -0.15) is 0 Å². The molecule has 0 spiro atoms. The third-order valence-corrected chi connectivity index (χ3v) is 10.4. The summed E-state index contributed by atoms with van der Waals surface area (Å²) in [6, 6.07) is 18.6. The van der Waals surface area contributed by atoms with E-state index in [0.717, 1.165) is 10.4 Å². The number of hydrogen-bond donors (Lipinski definition) is 3. The van der Waals surface area contributed by atoms with Crippen molar-refractivity contribution in [3.63, 3.8) is 0 Å². The highest BCUT2D eigenvalue weighted by Gasteiger charge is 2.30. The Morgan fingerprint density at radius 2 is 1.61 bits per heavy atom. The molecule has 0 radical (unpaired) electrons. The number of carbonyl (C=O) groups excluding carboxylic acids is 5. The fourth-order valence-electron chi connectivity index (χ4n) is 5.62. The van der Waals surface area contributed by atoms with Crippen LogP contribution >= 0.6 is 23.1 Å². The first-order valence-corrected chi connectivity index (χ1v) is 18.6. The number of amides is 4. The molecule has 0 saturated carbocycles. The van der Waals surface area contributed by atoms with Crippen molar-refractivity contribution in [3.8, 4) is 17.2 Å². The van der Waals surface area contributed by atoms with Crippen LogP contribution in [0.2, 0.25) is 0 Å². The molecule has 5 rings (SSSR count). The van der Waals surface area contributed by atoms with E-state index in [-0.39, 0.29) is 29.9 Å². The van der Waals surface area contributed by atoms with Crippen LogP contribution in [0.5, 0.6) is 17.2 Å². The molecule has 1 aromatic heterocycles. The Morgan fingerprint density at radius 1 is 0.889 bits per heavy atom. The zero-order valence-electron chi connectivity index (χ0n) is 30.4. The maximum Gasteiger partial charge on any atom is 0.341 e. The van der Waals surface area contributed by atoms with Gasteiger partial charge in [0.25, 0.3) is 11.8 Å². The largest absolute Gasteiger partial charge is 0.496 e. The summed E-state index contributed by atoms with van der Waals surface area (Å²) in [4.78, 5) is 68.4. The molecule has 15 heteroatoms. The minimum absolute atomic E-state index is 0.000808. The quantitative estimate of drug-likeness (QED) is 0.0789. The van der Waals surface area contributed by atoms with Crippen LogP contribution in [0.3, 0.4) is 0 Å². The third-order valence-electron chi connectivity index (χ3n) is 8.26. The van der Waals surface area contributed by atoms with E-state index in [9.17, 15) is 24.0 Å². The zero-order chi connectivity index (χ0) is 38.8. The van der Waals surface area contributed by atoms with Crippen molar-refractivity contribution in [2.75, 3.05) is 50.9 Å². The number of thiophene rings is 1. The molecule has 0 bridgehead atoms. The summed E-state index contributed by atoms with van der Waals surface area (Å²) < 4.78 is 21.7. The van der Waals surface area contributed by atoms with Crippen LogP contribution in [-0.4, -0.2) is 74.7 Å². The minimum atomic E-state index is -0.618.